The Kier molecular flexibility index (Phi) is 21.6. The fraction of sp³-hybridized carbons (Fsp3) is 0.686. The van der Waals surface area contributed by atoms with Gasteiger partial charge in [0.05, 0.1) is 25.3 Å². The van der Waals surface area contributed by atoms with E-state index in [2.05, 4.69) is 24.8 Å². The number of unbranched alkanes of at least 4 members (excludes halogenated alkanes) is 1. The number of carbonyl (C=O) groups excluding carboxylic acids is 6. The van der Waals surface area contributed by atoms with Crippen LogP contribution in [0.25, 0.3) is 0 Å². The Hall–Kier alpha value is -4.93. The van der Waals surface area contributed by atoms with E-state index in [1.165, 1.54) is 6.92 Å². The molecule has 3 heterocycles. The molecule has 33 nitrogen and oxygen atoms in total. The number of hydrogen-bond donors (Lipinski definition) is 14. The van der Waals surface area contributed by atoms with Gasteiger partial charge in [-0.15, -0.1) is 0 Å². The smallest absolute Gasteiger partial charge is 0.481 e. The van der Waals surface area contributed by atoms with Crippen LogP contribution in [0.4, 0.5) is 0 Å². The molecule has 0 radical (unpaired) electrons. The summed E-state index contributed by atoms with van der Waals surface area (Å²) in [4.78, 5) is 145. The van der Waals surface area contributed by atoms with Gasteiger partial charge >= 0.3 is 45.2 Å². The highest BCUT2D eigenvalue weighted by Crippen LogP contribution is 2.57. The van der Waals surface area contributed by atoms with E-state index in [9.17, 15) is 82.7 Å². The molecular formula is C35H55N7O26P2. The molecule has 0 bridgehead atoms. The second-order valence-electron chi connectivity index (χ2n) is 15.7. The summed E-state index contributed by atoms with van der Waals surface area (Å²) >= 11 is 0. The number of esters is 3. The highest BCUT2D eigenvalue weighted by Gasteiger charge is 2.50. The zero-order valence-electron chi connectivity index (χ0n) is 37.2. The number of phosphoric acid groups is 2. The summed E-state index contributed by atoms with van der Waals surface area (Å²) in [6.07, 6.45) is -18.8. The molecule has 1 aromatic rings. The van der Waals surface area contributed by atoms with Gasteiger partial charge < -0.3 is 91.3 Å². The number of carboxylic acids is 1. The molecule has 1 aromatic heterocycles. The number of carbonyl (C=O) groups is 7. The average Bonchev–Trinajstić information content (AvgIpc) is 3.54. The number of aliphatic hydroxyl groups excluding tert-OH is 4. The molecule has 2 aliphatic heterocycles. The molecule has 2 fully saturated rings. The van der Waals surface area contributed by atoms with Crippen LogP contribution < -0.4 is 38.7 Å². The molecule has 0 saturated carbocycles. The van der Waals surface area contributed by atoms with E-state index in [0.717, 1.165) is 26.1 Å². The number of rotatable bonds is 25. The second kappa shape index (κ2) is 25.5. The van der Waals surface area contributed by atoms with Crippen LogP contribution in [0.5, 0.6) is 0 Å². The monoisotopic (exact) mass is 1050 g/mol. The van der Waals surface area contributed by atoms with E-state index in [1.807, 2.05) is 4.98 Å². The number of H-pyrrole nitrogens is 1. The SMILES string of the molecule is CC(=O)N[C@](CCCCC(=O)O[C@H]1[C@@H](O)[C@H](n2ccc(=O)[nH]c2=O)O[C@@H]1COP(=O)(O)OP(=O)(O)O)(NC(=O)[C@@H](CCC(=O)O)NC(=O)[C@H](C)N)C(=O)OC(=O)[C@H](C)O[C@@H]1[C@@H](N)[C@@H](O)O[C@H](CO)[C@H]1O. The van der Waals surface area contributed by atoms with Crippen molar-refractivity contribution in [2.45, 2.75) is 138 Å². The molecule has 3 rings (SSSR count). The van der Waals surface area contributed by atoms with Crippen molar-refractivity contribution in [3.05, 3.63) is 33.1 Å². The Labute approximate surface area is 393 Å². The van der Waals surface area contributed by atoms with Gasteiger partial charge in [-0.25, -0.2) is 23.5 Å². The molecule has 0 aromatic carbocycles. The van der Waals surface area contributed by atoms with Crippen LogP contribution in [0.3, 0.4) is 0 Å². The summed E-state index contributed by atoms with van der Waals surface area (Å²) in [5.74, 6) is -9.35. The van der Waals surface area contributed by atoms with Gasteiger partial charge in [-0.1, -0.05) is 0 Å². The first-order chi connectivity index (χ1) is 32.4. The van der Waals surface area contributed by atoms with Crippen molar-refractivity contribution in [2.24, 2.45) is 11.5 Å². The molecular weight excluding hydrogens is 996 g/mol. The number of nitrogens with one attached hydrogen (secondary N) is 4. The molecule has 0 aliphatic carbocycles. The lowest BCUT2D eigenvalue weighted by Gasteiger charge is -2.41. The Morgan fingerprint density at radius 2 is 1.60 bits per heavy atom. The molecule has 70 heavy (non-hydrogen) atoms. The molecule has 2 saturated heterocycles. The van der Waals surface area contributed by atoms with E-state index >= 15 is 0 Å². The maximum atomic E-state index is 14.1. The van der Waals surface area contributed by atoms with Crippen molar-refractivity contribution in [1.29, 1.82) is 0 Å². The van der Waals surface area contributed by atoms with E-state index in [0.29, 0.717) is 4.57 Å². The van der Waals surface area contributed by atoms with Crippen LogP contribution in [-0.2, 0) is 75.2 Å². The summed E-state index contributed by atoms with van der Waals surface area (Å²) in [5.41, 5.74) is 6.61. The van der Waals surface area contributed by atoms with Crippen LogP contribution in [0.15, 0.2) is 21.9 Å². The Morgan fingerprint density at radius 1 is 0.943 bits per heavy atom. The third kappa shape index (κ3) is 17.1. The number of aromatic amines is 1. The van der Waals surface area contributed by atoms with E-state index in [4.69, 9.17) is 44.9 Å². The van der Waals surface area contributed by atoms with Crippen LogP contribution in [0.1, 0.15) is 65.5 Å². The van der Waals surface area contributed by atoms with E-state index < -0.39 is 193 Å². The van der Waals surface area contributed by atoms with Crippen molar-refractivity contribution in [3.8, 4) is 0 Å². The number of ether oxygens (including phenoxy) is 5. The number of carboxylic acid groups (broad SMARTS) is 1. The van der Waals surface area contributed by atoms with Gasteiger partial charge in [0.1, 0.15) is 36.6 Å². The molecule has 2 aliphatic rings. The molecule has 396 valence electrons. The molecule has 35 heteroatoms. The number of aliphatic carboxylic acids is 1. The highest BCUT2D eigenvalue weighted by atomic mass is 31.3. The van der Waals surface area contributed by atoms with E-state index in [-0.39, 0.29) is 6.42 Å². The molecule has 16 N–H and O–H groups in total. The number of hydrogen-bond acceptors (Lipinski definition) is 24. The van der Waals surface area contributed by atoms with E-state index in [1.54, 1.807) is 0 Å². The van der Waals surface area contributed by atoms with Crippen molar-refractivity contribution in [3.63, 3.8) is 0 Å². The lowest BCUT2D eigenvalue weighted by molar-refractivity contribution is -0.263. The first kappa shape index (κ1) is 59.4. The maximum Gasteiger partial charge on any atom is 0.481 e. The number of aliphatic hydroxyl groups is 4. The van der Waals surface area contributed by atoms with Crippen LogP contribution in [0, 0.1) is 0 Å². The summed E-state index contributed by atoms with van der Waals surface area (Å²) in [6.45, 7) is 1.04. The summed E-state index contributed by atoms with van der Waals surface area (Å²) in [7, 11) is -11.2. The summed E-state index contributed by atoms with van der Waals surface area (Å²) < 4.78 is 58.6. The summed E-state index contributed by atoms with van der Waals surface area (Å²) in [5, 5.41) is 57.2. The van der Waals surface area contributed by atoms with Gasteiger partial charge in [-0.2, -0.15) is 4.31 Å². The van der Waals surface area contributed by atoms with Crippen molar-refractivity contribution in [2.75, 3.05) is 13.2 Å². The third-order valence-electron chi connectivity index (χ3n) is 10.1. The topological polar surface area (TPSA) is 523 Å². The highest BCUT2D eigenvalue weighted by molar-refractivity contribution is 7.60. The number of amides is 3. The first-order valence-corrected chi connectivity index (χ1v) is 23.7. The van der Waals surface area contributed by atoms with Crippen LogP contribution in [0.2, 0.25) is 0 Å². The zero-order valence-corrected chi connectivity index (χ0v) is 39.0. The second-order valence-corrected chi connectivity index (χ2v) is 18.5. The van der Waals surface area contributed by atoms with Crippen LogP contribution >= 0.6 is 15.6 Å². The molecule has 14 atom stereocenters. The normalized spacial score (nSPS) is 26.5. The van der Waals surface area contributed by atoms with Gasteiger partial charge in [-0.3, -0.25) is 42.8 Å². The minimum absolute atomic E-state index is 0.385. The standard InChI is InChI=1S/C35H55N7O26P2/c1-14(36)28(51)38-17(7-8-21(46)47)29(52)41-35(40-16(3)44,33(55)67-31(53)15(2)63-27-23(37)32(54)65-18(12-43)24(27)49)10-5-4-6-22(48)66-26-19(13-62-70(60,61)68-69(57,58)59)64-30(25(26)50)42-11-9-20(45)39-34(42)56/h9,11,14-15,17-19,23-27,30,32,43,49-50,54H,4-8,10,12-13,36-37H2,1-3H3,(H,38,51)(H,40,44)(H,41,52)(H,46,47)(H,60,61)(H,39,45,56)(H2,57,58,59)/t14-,15-,17+,18+,19+,23+,24+,25+,26+,27+,30+,32-,35+/m0/s1. The van der Waals surface area contributed by atoms with Crippen LogP contribution in [-0.4, -0.2) is 177 Å². The predicted octanol–water partition coefficient (Wildman–Crippen LogP) is -6.62. The van der Waals surface area contributed by atoms with Gasteiger partial charge in [0.25, 0.3) is 5.56 Å². The van der Waals surface area contributed by atoms with Crippen molar-refractivity contribution < 1.29 is 115 Å². The molecule has 3 amide bonds. The average molecular weight is 1050 g/mol. The zero-order chi connectivity index (χ0) is 53.1. The van der Waals surface area contributed by atoms with Gasteiger partial charge in [-0.05, 0) is 33.1 Å². The Bertz CT molecular complexity index is 2280. The van der Waals surface area contributed by atoms with Gasteiger partial charge in [0, 0.05) is 38.4 Å². The number of phosphoric ester groups is 1. The van der Waals surface area contributed by atoms with Crippen molar-refractivity contribution in [1.82, 2.24) is 25.5 Å². The number of nitrogens with zero attached hydrogens (tertiary/aromatic N) is 1. The van der Waals surface area contributed by atoms with Gasteiger partial charge in [0.2, 0.25) is 23.4 Å². The number of aromatic nitrogens is 2. The first-order valence-electron chi connectivity index (χ1n) is 20.7. The quantitative estimate of drug-likeness (QED) is 0.0142. The fourth-order valence-electron chi connectivity index (χ4n) is 6.68. The number of nitrogens with two attached hydrogens (primary N) is 2. The molecule has 1 unspecified atom stereocenters. The molecule has 0 spiro atoms. The third-order valence-corrected chi connectivity index (χ3v) is 12.2. The minimum Gasteiger partial charge on any atom is -0.481 e. The summed E-state index contributed by atoms with van der Waals surface area (Å²) in [6, 6.07) is -3.72. The lowest BCUT2D eigenvalue weighted by Crippen LogP contribution is -2.68. The predicted molar refractivity (Wildman–Crippen MR) is 223 cm³/mol. The minimum atomic E-state index is -5.63. The fourth-order valence-corrected chi connectivity index (χ4v) is 8.28. The Balaban J connectivity index is 1.91. The maximum absolute atomic E-state index is 14.1. The van der Waals surface area contributed by atoms with Crippen molar-refractivity contribution >= 4 is 57.2 Å². The van der Waals surface area contributed by atoms with Gasteiger partial charge in [0.15, 0.2) is 24.7 Å². The Morgan fingerprint density at radius 3 is 2.17 bits per heavy atom. The lowest BCUT2D eigenvalue weighted by atomic mass is 9.97. The largest absolute Gasteiger partial charge is 0.481 e.